The highest BCUT2D eigenvalue weighted by Crippen LogP contribution is 2.38. The Hall–Kier alpha value is -5.90. The summed E-state index contributed by atoms with van der Waals surface area (Å²) >= 11 is 0. The zero-order valence-corrected chi connectivity index (χ0v) is 35.0. The second-order valence-electron chi connectivity index (χ2n) is 17.8. The van der Waals surface area contributed by atoms with Crippen LogP contribution in [0.15, 0.2) is 48.7 Å². The number of carbonyl (C=O) groups excluding carboxylic acids is 3. The zero-order chi connectivity index (χ0) is 42.6. The molecule has 14 nitrogen and oxygen atoms in total. The van der Waals surface area contributed by atoms with Gasteiger partial charge in [-0.3, -0.25) is 34.9 Å². The van der Waals surface area contributed by atoms with Crippen molar-refractivity contribution in [1.29, 1.82) is 0 Å². The number of fused-ring (bicyclic) bond motifs is 9. The predicted molar refractivity (Wildman–Crippen MR) is 227 cm³/mol. The summed E-state index contributed by atoms with van der Waals surface area (Å²) in [6.45, 7) is 6.66. The lowest BCUT2D eigenvalue weighted by Crippen LogP contribution is -2.49. The Morgan fingerprint density at radius 2 is 1.63 bits per heavy atom. The molecule has 0 unspecified atom stereocenters. The number of aromatic nitrogens is 5. The maximum Gasteiger partial charge on any atom is 0.258 e. The number of aryl methyl sites for hydroxylation is 2. The molecule has 0 spiro atoms. The highest BCUT2D eigenvalue weighted by molar-refractivity contribution is 6.05. The van der Waals surface area contributed by atoms with Gasteiger partial charge in [0.15, 0.2) is 0 Å². The fourth-order valence-electron chi connectivity index (χ4n) is 10.4. The Labute approximate surface area is 358 Å². The molecule has 3 amide bonds. The van der Waals surface area contributed by atoms with Gasteiger partial charge in [-0.05, 0) is 100 Å². The minimum atomic E-state index is -1.04. The van der Waals surface area contributed by atoms with Gasteiger partial charge >= 0.3 is 0 Å². The van der Waals surface area contributed by atoms with Gasteiger partial charge in [-0.25, -0.2) is 18.4 Å². The van der Waals surface area contributed by atoms with Gasteiger partial charge in [0.25, 0.3) is 5.91 Å². The van der Waals surface area contributed by atoms with Crippen LogP contribution in [0.5, 0.6) is 11.6 Å². The number of imide groups is 1. The molecule has 2 aromatic carbocycles. The van der Waals surface area contributed by atoms with Crippen molar-refractivity contribution < 1.29 is 32.6 Å². The summed E-state index contributed by atoms with van der Waals surface area (Å²) in [6, 6.07) is 12.7. The molecular formula is C46H51F2N9O5. The fourth-order valence-corrected chi connectivity index (χ4v) is 10.4. The third-order valence-corrected chi connectivity index (χ3v) is 13.6. The first-order valence-electron chi connectivity index (χ1n) is 22.0. The Balaban J connectivity index is 0.802. The van der Waals surface area contributed by atoms with Gasteiger partial charge < -0.3 is 18.9 Å². The molecule has 7 heterocycles. The lowest BCUT2D eigenvalue weighted by Gasteiger charge is -2.42. The van der Waals surface area contributed by atoms with E-state index in [9.17, 15) is 14.4 Å². The standard InChI is InChI=1S/C46H51F2N9O5/c1-26-17-29-19-39(50-26)35-23-49-54(2)45(35)61-25-28-4-3-27(18-28)24-57-40-20-31(5-7-38(40)51-46(57)53-43(29)59)56-13-9-30(10-14-56)55-15-11-32(12-16-55)62-33-21-36(47)42(37(48)22-33)34-6-8-41(58)52-44(34)60/h5,7,17,19-23,27-28,30,32,34H,3-4,6,8-16,18,24-25H2,1-2H3,(H,51,53,59)(H,52,58,60)/t27-,28+,34-/m1/s1. The number of anilines is 2. The summed E-state index contributed by atoms with van der Waals surface area (Å²) in [5.41, 5.74) is 5.26. The van der Waals surface area contributed by atoms with Gasteiger partial charge in [-0.15, -0.1) is 0 Å². The molecule has 2 N–H and O–H groups in total. The lowest BCUT2D eigenvalue weighted by molar-refractivity contribution is -0.134. The molecule has 0 radical (unpaired) electrons. The minimum absolute atomic E-state index is 0.0401. The maximum absolute atomic E-state index is 15.1. The molecule has 1 saturated carbocycles. The number of hydrogen-bond acceptors (Lipinski definition) is 10. The van der Waals surface area contributed by atoms with E-state index < -0.39 is 29.4 Å². The summed E-state index contributed by atoms with van der Waals surface area (Å²) in [4.78, 5) is 52.5. The van der Waals surface area contributed by atoms with Crippen LogP contribution < -0.4 is 25.0 Å². The molecule has 3 atom stereocenters. The van der Waals surface area contributed by atoms with Crippen molar-refractivity contribution in [3.8, 4) is 22.9 Å². The largest absolute Gasteiger partial charge is 0.490 e. The number of pyridine rings is 1. The van der Waals surface area contributed by atoms with Crippen LogP contribution in [0, 0.1) is 30.4 Å². The highest BCUT2D eigenvalue weighted by atomic mass is 19.1. The molecule has 16 heteroatoms. The second-order valence-corrected chi connectivity index (χ2v) is 17.8. The number of nitrogens with one attached hydrogen (secondary N) is 2. The van der Waals surface area contributed by atoms with Crippen LogP contribution >= 0.6 is 0 Å². The van der Waals surface area contributed by atoms with Crippen LogP contribution in [0.3, 0.4) is 0 Å². The van der Waals surface area contributed by atoms with E-state index in [2.05, 4.69) is 48.3 Å². The summed E-state index contributed by atoms with van der Waals surface area (Å²) in [5, 5.41) is 9.80. The number of carbonyl (C=O) groups is 3. The molecule has 5 aliphatic rings. The third kappa shape index (κ3) is 7.88. The minimum Gasteiger partial charge on any atom is -0.490 e. The first kappa shape index (κ1) is 40.2. The SMILES string of the molecule is Cc1cc2cc(n1)-c1cnn(C)c1OC[C@H]1CC[C@H](C1)Cn1c(nc3ccc(N4CCC(N5CCC(Oc6cc(F)c([C@H]7CCC(=O)NC7=O)c(F)c6)CC5)CC4)cc31)NC2=O. The third-order valence-electron chi connectivity index (χ3n) is 13.6. The number of imidazole rings is 1. The van der Waals surface area contributed by atoms with E-state index in [1.165, 1.54) is 0 Å². The van der Waals surface area contributed by atoms with Crippen molar-refractivity contribution in [2.45, 2.75) is 89.3 Å². The van der Waals surface area contributed by atoms with E-state index in [1.807, 2.05) is 14.0 Å². The van der Waals surface area contributed by atoms with Gasteiger partial charge in [-0.2, -0.15) is 5.10 Å². The Morgan fingerprint density at radius 1 is 0.855 bits per heavy atom. The van der Waals surface area contributed by atoms with Gasteiger partial charge in [0, 0.05) is 86.9 Å². The van der Waals surface area contributed by atoms with Crippen LogP contribution in [-0.4, -0.2) is 91.9 Å². The first-order chi connectivity index (χ1) is 30.0. The van der Waals surface area contributed by atoms with Crippen molar-refractivity contribution >= 4 is 40.4 Å². The molecular weight excluding hydrogens is 797 g/mol. The van der Waals surface area contributed by atoms with Crippen molar-refractivity contribution in [1.82, 2.24) is 34.5 Å². The van der Waals surface area contributed by atoms with Crippen LogP contribution in [0.1, 0.15) is 85.3 Å². The van der Waals surface area contributed by atoms with Crippen molar-refractivity contribution in [3.05, 3.63) is 77.1 Å². The van der Waals surface area contributed by atoms with Crippen molar-refractivity contribution in [2.75, 3.05) is 43.0 Å². The number of piperidine rings is 3. The number of hydrogen-bond donors (Lipinski definition) is 2. The van der Waals surface area contributed by atoms with Crippen molar-refractivity contribution in [3.63, 3.8) is 0 Å². The Kier molecular flexibility index (Phi) is 10.6. The summed E-state index contributed by atoms with van der Waals surface area (Å²) < 4.78 is 46.7. The van der Waals surface area contributed by atoms with Crippen LogP contribution in [0.25, 0.3) is 22.3 Å². The number of halogens is 2. The summed E-state index contributed by atoms with van der Waals surface area (Å²) in [7, 11) is 1.86. The van der Waals surface area contributed by atoms with E-state index in [0.29, 0.717) is 47.6 Å². The number of benzene rings is 2. The summed E-state index contributed by atoms with van der Waals surface area (Å²) in [6.07, 6.45) is 8.29. The zero-order valence-electron chi connectivity index (χ0n) is 35.0. The van der Waals surface area contributed by atoms with E-state index in [0.717, 1.165) is 118 Å². The van der Waals surface area contributed by atoms with Gasteiger partial charge in [0.1, 0.15) is 23.5 Å². The number of likely N-dealkylation sites (tertiary alicyclic amines) is 1. The fraction of sp³-hybridized carbons (Fsp3) is 0.478. The molecule has 4 fully saturated rings. The second kappa shape index (κ2) is 16.4. The number of rotatable bonds is 5. The molecule has 324 valence electrons. The molecule has 3 saturated heterocycles. The van der Waals surface area contributed by atoms with E-state index >= 15 is 8.78 Å². The Morgan fingerprint density at radius 3 is 2.40 bits per heavy atom. The molecule has 4 bridgehead atoms. The average molecular weight is 848 g/mol. The smallest absolute Gasteiger partial charge is 0.258 e. The topological polar surface area (TPSA) is 149 Å². The highest BCUT2D eigenvalue weighted by Gasteiger charge is 2.35. The van der Waals surface area contributed by atoms with Crippen molar-refractivity contribution in [2.24, 2.45) is 18.9 Å². The predicted octanol–water partition coefficient (Wildman–Crippen LogP) is 6.51. The van der Waals surface area contributed by atoms with E-state index in [-0.39, 0.29) is 36.2 Å². The average Bonchev–Trinajstić information content (AvgIpc) is 3.96. The number of amides is 3. The maximum atomic E-state index is 15.1. The number of ether oxygens (including phenoxy) is 2. The van der Waals surface area contributed by atoms with E-state index in [1.54, 1.807) is 23.0 Å². The normalized spacial score (nSPS) is 22.9. The molecule has 62 heavy (non-hydrogen) atoms. The molecule has 3 aromatic heterocycles. The molecule has 1 aliphatic carbocycles. The Bertz CT molecular complexity index is 2540. The van der Waals surface area contributed by atoms with Gasteiger partial charge in [-0.1, -0.05) is 0 Å². The summed E-state index contributed by atoms with van der Waals surface area (Å²) in [5.74, 6) is -1.96. The lowest BCUT2D eigenvalue weighted by atomic mass is 9.89. The monoisotopic (exact) mass is 847 g/mol. The number of nitrogens with zero attached hydrogens (tertiary/aromatic N) is 7. The van der Waals surface area contributed by atoms with E-state index in [4.69, 9.17) is 19.4 Å². The van der Waals surface area contributed by atoms with Crippen LogP contribution in [0.4, 0.5) is 20.4 Å². The van der Waals surface area contributed by atoms with Crippen LogP contribution in [0.2, 0.25) is 0 Å². The van der Waals surface area contributed by atoms with Gasteiger partial charge in [0.05, 0.1) is 41.0 Å². The quantitative estimate of drug-likeness (QED) is 0.188. The van der Waals surface area contributed by atoms with Crippen LogP contribution in [-0.2, 0) is 23.2 Å². The molecule has 4 aliphatic heterocycles. The van der Waals surface area contributed by atoms with Gasteiger partial charge in [0.2, 0.25) is 23.6 Å². The molecule has 10 rings (SSSR count). The first-order valence-corrected chi connectivity index (χ1v) is 22.0. The molecule has 5 aromatic rings.